The van der Waals surface area contributed by atoms with Crippen LogP contribution in [0.5, 0.6) is 0 Å². The van der Waals surface area contributed by atoms with Crippen LogP contribution in [0.15, 0.2) is 54.6 Å². The fourth-order valence-electron chi connectivity index (χ4n) is 2.69. The second kappa shape index (κ2) is 8.36. The van der Waals surface area contributed by atoms with Gasteiger partial charge in [0.25, 0.3) is 0 Å². The number of amides is 2. The van der Waals surface area contributed by atoms with Crippen LogP contribution in [0.25, 0.3) is 5.69 Å². The van der Waals surface area contributed by atoms with Crippen LogP contribution in [0.3, 0.4) is 0 Å². The fraction of sp³-hybridized carbons (Fsp3) is 0.200. The molecule has 2 aromatic carbocycles. The standard InChI is InChI=1S/C20H19F3N4O2/c1-13-5-7-16(8-6-13)27-17(10-18(26-27)20(21,22)23)11-24-19(29)25-15-4-2-3-14(9-15)12-28/h2-10,28H,11-12H2,1H3,(H2,24,25,29). The normalized spacial score (nSPS) is 11.3. The number of aromatic nitrogens is 2. The van der Waals surface area contributed by atoms with Crippen molar-refractivity contribution in [2.75, 3.05) is 5.32 Å². The van der Waals surface area contributed by atoms with Crippen LogP contribution in [0.1, 0.15) is 22.5 Å². The molecule has 0 bridgehead atoms. The predicted octanol–water partition coefficient (Wildman–Crippen LogP) is 4.01. The highest BCUT2D eigenvalue weighted by atomic mass is 19.4. The molecule has 0 aliphatic carbocycles. The van der Waals surface area contributed by atoms with E-state index in [0.717, 1.165) is 16.3 Å². The Balaban J connectivity index is 1.77. The Morgan fingerprint density at radius 1 is 1.14 bits per heavy atom. The molecule has 3 aromatic rings. The lowest BCUT2D eigenvalue weighted by molar-refractivity contribution is -0.141. The van der Waals surface area contributed by atoms with Gasteiger partial charge in [-0.15, -0.1) is 0 Å². The number of hydrogen-bond donors (Lipinski definition) is 3. The van der Waals surface area contributed by atoms with Gasteiger partial charge >= 0.3 is 12.2 Å². The van der Waals surface area contributed by atoms with E-state index in [4.69, 9.17) is 5.11 Å². The summed E-state index contributed by atoms with van der Waals surface area (Å²) in [6.07, 6.45) is -4.60. The number of benzene rings is 2. The molecule has 3 rings (SSSR count). The van der Waals surface area contributed by atoms with Gasteiger partial charge < -0.3 is 15.7 Å². The van der Waals surface area contributed by atoms with Gasteiger partial charge in [-0.1, -0.05) is 29.8 Å². The summed E-state index contributed by atoms with van der Waals surface area (Å²) in [6.45, 7) is 1.53. The number of aliphatic hydroxyl groups excluding tert-OH is 1. The summed E-state index contributed by atoms with van der Waals surface area (Å²) >= 11 is 0. The Hall–Kier alpha value is -3.33. The number of aryl methyl sites for hydroxylation is 1. The van der Waals surface area contributed by atoms with Crippen LogP contribution in [0.4, 0.5) is 23.7 Å². The quantitative estimate of drug-likeness (QED) is 0.601. The molecule has 3 N–H and O–H groups in total. The molecule has 0 aliphatic heterocycles. The summed E-state index contributed by atoms with van der Waals surface area (Å²) in [6, 6.07) is 13.8. The number of rotatable bonds is 5. The number of alkyl halides is 3. The molecule has 0 aliphatic rings. The molecule has 0 saturated heterocycles. The van der Waals surface area contributed by atoms with E-state index in [-0.39, 0.29) is 18.8 Å². The molecule has 0 spiro atoms. The molecule has 0 atom stereocenters. The summed E-state index contributed by atoms with van der Waals surface area (Å²) in [5.74, 6) is 0. The Bertz CT molecular complexity index is 998. The number of halogens is 3. The van der Waals surface area contributed by atoms with Gasteiger partial charge in [-0.2, -0.15) is 18.3 Å². The van der Waals surface area contributed by atoms with E-state index in [9.17, 15) is 18.0 Å². The molecule has 6 nitrogen and oxygen atoms in total. The van der Waals surface area contributed by atoms with E-state index < -0.39 is 17.9 Å². The number of urea groups is 1. The summed E-state index contributed by atoms with van der Waals surface area (Å²) in [5, 5.41) is 17.9. The summed E-state index contributed by atoms with van der Waals surface area (Å²) in [4.78, 5) is 12.1. The van der Waals surface area contributed by atoms with Crippen LogP contribution < -0.4 is 10.6 Å². The summed E-state index contributed by atoms with van der Waals surface area (Å²) < 4.78 is 40.5. The maximum atomic E-state index is 13.1. The van der Waals surface area contributed by atoms with Gasteiger partial charge in [0.05, 0.1) is 24.5 Å². The van der Waals surface area contributed by atoms with Crippen molar-refractivity contribution in [2.45, 2.75) is 26.3 Å². The second-order valence-corrected chi connectivity index (χ2v) is 6.43. The van der Waals surface area contributed by atoms with Crippen LogP contribution >= 0.6 is 0 Å². The zero-order valence-corrected chi connectivity index (χ0v) is 15.5. The van der Waals surface area contributed by atoms with Crippen molar-refractivity contribution in [3.05, 3.63) is 77.1 Å². The lowest BCUT2D eigenvalue weighted by atomic mass is 10.2. The predicted molar refractivity (Wildman–Crippen MR) is 102 cm³/mol. The SMILES string of the molecule is Cc1ccc(-n2nc(C(F)(F)F)cc2CNC(=O)Nc2cccc(CO)c2)cc1. The number of carbonyl (C=O) groups is 1. The molecule has 1 heterocycles. The molecule has 1 aromatic heterocycles. The smallest absolute Gasteiger partial charge is 0.392 e. The highest BCUT2D eigenvalue weighted by Gasteiger charge is 2.35. The minimum absolute atomic E-state index is 0.164. The third kappa shape index (κ3) is 5.14. The molecule has 0 fully saturated rings. The number of aliphatic hydroxyl groups is 1. The van der Waals surface area contributed by atoms with E-state index in [1.165, 1.54) is 0 Å². The lowest BCUT2D eigenvalue weighted by Crippen LogP contribution is -2.29. The van der Waals surface area contributed by atoms with Gasteiger partial charge in [-0.05, 0) is 42.8 Å². The maximum absolute atomic E-state index is 13.1. The average Bonchev–Trinajstić information content (AvgIpc) is 3.12. The summed E-state index contributed by atoms with van der Waals surface area (Å²) in [5.41, 5.74) is 1.64. The first-order chi connectivity index (χ1) is 13.8. The van der Waals surface area contributed by atoms with Crippen molar-refractivity contribution < 1.29 is 23.1 Å². The lowest BCUT2D eigenvalue weighted by Gasteiger charge is -2.10. The molecule has 2 amide bonds. The largest absolute Gasteiger partial charge is 0.435 e. The first-order valence-corrected chi connectivity index (χ1v) is 8.74. The van der Waals surface area contributed by atoms with Crippen molar-refractivity contribution in [3.8, 4) is 5.69 Å². The van der Waals surface area contributed by atoms with Crippen LogP contribution in [0.2, 0.25) is 0 Å². The molecule has 9 heteroatoms. The third-order valence-electron chi connectivity index (χ3n) is 4.15. The second-order valence-electron chi connectivity index (χ2n) is 6.43. The maximum Gasteiger partial charge on any atom is 0.435 e. The van der Waals surface area contributed by atoms with E-state index in [1.54, 1.807) is 48.5 Å². The van der Waals surface area contributed by atoms with E-state index >= 15 is 0 Å². The number of nitrogens with one attached hydrogen (secondary N) is 2. The van der Waals surface area contributed by atoms with Gasteiger partial charge in [0.15, 0.2) is 5.69 Å². The zero-order chi connectivity index (χ0) is 21.0. The van der Waals surface area contributed by atoms with Gasteiger partial charge in [0.2, 0.25) is 0 Å². The minimum Gasteiger partial charge on any atom is -0.392 e. The van der Waals surface area contributed by atoms with Gasteiger partial charge in [0.1, 0.15) is 0 Å². The Morgan fingerprint density at radius 2 is 1.86 bits per heavy atom. The number of anilines is 1. The highest BCUT2D eigenvalue weighted by Crippen LogP contribution is 2.29. The van der Waals surface area contributed by atoms with E-state index in [0.29, 0.717) is 16.9 Å². The molecule has 29 heavy (non-hydrogen) atoms. The average molecular weight is 404 g/mol. The van der Waals surface area contributed by atoms with Crippen molar-refractivity contribution in [1.29, 1.82) is 0 Å². The first kappa shape index (κ1) is 20.4. The molecule has 0 radical (unpaired) electrons. The van der Waals surface area contributed by atoms with Crippen molar-refractivity contribution in [1.82, 2.24) is 15.1 Å². The fourth-order valence-corrected chi connectivity index (χ4v) is 2.69. The van der Waals surface area contributed by atoms with E-state index in [2.05, 4.69) is 15.7 Å². The monoisotopic (exact) mass is 404 g/mol. The van der Waals surface area contributed by atoms with Crippen molar-refractivity contribution in [3.63, 3.8) is 0 Å². The van der Waals surface area contributed by atoms with Crippen molar-refractivity contribution >= 4 is 11.7 Å². The highest BCUT2D eigenvalue weighted by molar-refractivity contribution is 5.89. The topological polar surface area (TPSA) is 79.2 Å². The molecular formula is C20H19F3N4O2. The van der Waals surface area contributed by atoms with Crippen molar-refractivity contribution in [2.24, 2.45) is 0 Å². The molecule has 0 unspecified atom stereocenters. The minimum atomic E-state index is -4.60. The number of nitrogens with zero attached hydrogens (tertiary/aromatic N) is 2. The number of hydrogen-bond acceptors (Lipinski definition) is 3. The summed E-state index contributed by atoms with van der Waals surface area (Å²) in [7, 11) is 0. The van der Waals surface area contributed by atoms with Gasteiger partial charge in [0, 0.05) is 5.69 Å². The molecule has 152 valence electrons. The zero-order valence-electron chi connectivity index (χ0n) is 15.5. The molecular weight excluding hydrogens is 385 g/mol. The number of carbonyl (C=O) groups excluding carboxylic acids is 1. The molecule has 0 saturated carbocycles. The van der Waals surface area contributed by atoms with Gasteiger partial charge in [-0.25, -0.2) is 9.48 Å². The Kier molecular flexibility index (Phi) is 5.88. The van der Waals surface area contributed by atoms with E-state index in [1.807, 2.05) is 6.92 Å². The van der Waals surface area contributed by atoms with Crippen LogP contribution in [0, 0.1) is 6.92 Å². The van der Waals surface area contributed by atoms with Gasteiger partial charge in [-0.3, -0.25) is 0 Å². The van der Waals surface area contributed by atoms with Crippen LogP contribution in [-0.4, -0.2) is 20.9 Å². The Labute approximate surface area is 165 Å². The Morgan fingerprint density at radius 3 is 2.52 bits per heavy atom. The third-order valence-corrected chi connectivity index (χ3v) is 4.15. The van der Waals surface area contributed by atoms with Crippen LogP contribution in [-0.2, 0) is 19.3 Å². The first-order valence-electron chi connectivity index (χ1n) is 8.74.